The van der Waals surface area contributed by atoms with Gasteiger partial charge in [0.1, 0.15) is 0 Å². The van der Waals surface area contributed by atoms with E-state index in [0.717, 1.165) is 22.0 Å². The van der Waals surface area contributed by atoms with Crippen LogP contribution < -0.4 is 5.32 Å². The average Bonchev–Trinajstić information content (AvgIpc) is 2.42. The van der Waals surface area contributed by atoms with Gasteiger partial charge >= 0.3 is 0 Å². The topological polar surface area (TPSA) is 12.0 Å². The Morgan fingerprint density at radius 3 is 2.63 bits per heavy atom. The molecule has 1 aromatic rings. The molecule has 106 valence electrons. The maximum absolute atomic E-state index is 6.01. The maximum atomic E-state index is 6.01. The third kappa shape index (κ3) is 4.77. The Hall–Kier alpha value is -0.0500. The van der Waals surface area contributed by atoms with Gasteiger partial charge in [-0.1, -0.05) is 37.4 Å². The summed E-state index contributed by atoms with van der Waals surface area (Å²) in [5, 5.41) is 4.46. The molecule has 1 aliphatic rings. The third-order valence-corrected chi connectivity index (χ3v) is 5.34. The van der Waals surface area contributed by atoms with Gasteiger partial charge in [0.15, 0.2) is 0 Å². The van der Waals surface area contributed by atoms with Gasteiger partial charge in [0.25, 0.3) is 0 Å². The molecule has 1 nitrogen and oxygen atoms in total. The van der Waals surface area contributed by atoms with Crippen molar-refractivity contribution in [3.05, 3.63) is 33.3 Å². The number of hydrogen-bond donors (Lipinski definition) is 1. The predicted octanol–water partition coefficient (Wildman–Crippen LogP) is 5.55. The van der Waals surface area contributed by atoms with Gasteiger partial charge in [-0.15, -0.1) is 0 Å². The lowest BCUT2D eigenvalue weighted by molar-refractivity contribution is 0.277. The lowest BCUT2D eigenvalue weighted by Crippen LogP contribution is -2.32. The molecule has 1 aromatic carbocycles. The van der Waals surface area contributed by atoms with E-state index in [1.54, 1.807) is 0 Å². The molecular formula is C16H23BrClN. The Kier molecular flexibility index (Phi) is 6.18. The van der Waals surface area contributed by atoms with Gasteiger partial charge < -0.3 is 5.32 Å². The van der Waals surface area contributed by atoms with Crippen LogP contribution in [0.4, 0.5) is 0 Å². The van der Waals surface area contributed by atoms with E-state index in [9.17, 15) is 0 Å². The molecule has 0 spiro atoms. The van der Waals surface area contributed by atoms with Crippen LogP contribution in [0, 0.1) is 5.92 Å². The Labute approximate surface area is 130 Å². The molecule has 19 heavy (non-hydrogen) atoms. The van der Waals surface area contributed by atoms with Crippen LogP contribution in [0.1, 0.15) is 51.0 Å². The number of hydrogen-bond acceptors (Lipinski definition) is 1. The lowest BCUT2D eigenvalue weighted by atomic mass is 9.83. The lowest BCUT2D eigenvalue weighted by Gasteiger charge is -2.29. The van der Waals surface area contributed by atoms with Gasteiger partial charge in [-0.3, -0.25) is 0 Å². The summed E-state index contributed by atoms with van der Waals surface area (Å²) in [6, 6.07) is 6.87. The summed E-state index contributed by atoms with van der Waals surface area (Å²) in [4.78, 5) is 0. The summed E-state index contributed by atoms with van der Waals surface area (Å²) in [7, 11) is 0. The second kappa shape index (κ2) is 7.66. The number of nitrogens with one attached hydrogen (secondary N) is 1. The Morgan fingerprint density at radius 2 is 2.00 bits per heavy atom. The quantitative estimate of drug-likeness (QED) is 0.738. The highest BCUT2D eigenvalue weighted by molar-refractivity contribution is 9.10. The molecule has 2 rings (SSSR count). The van der Waals surface area contributed by atoms with Crippen molar-refractivity contribution >= 4 is 27.5 Å². The molecule has 0 amide bonds. The Bertz CT molecular complexity index is 400. The molecule has 1 saturated carbocycles. The molecule has 0 radical (unpaired) electrons. The van der Waals surface area contributed by atoms with Crippen LogP contribution in [0.3, 0.4) is 0 Å². The zero-order valence-electron chi connectivity index (χ0n) is 11.6. The summed E-state index contributed by atoms with van der Waals surface area (Å²) in [6.45, 7) is 3.24. The summed E-state index contributed by atoms with van der Waals surface area (Å²) in [5.41, 5.74) is 1.30. The van der Waals surface area contributed by atoms with Crippen molar-refractivity contribution in [2.75, 3.05) is 0 Å². The molecule has 0 aromatic heterocycles. The molecule has 0 unspecified atom stereocenters. The second-order valence-corrected chi connectivity index (χ2v) is 6.90. The highest BCUT2D eigenvalue weighted by Crippen LogP contribution is 2.28. The van der Waals surface area contributed by atoms with Gasteiger partial charge in [0.2, 0.25) is 0 Å². The molecule has 0 saturated heterocycles. The van der Waals surface area contributed by atoms with E-state index in [0.29, 0.717) is 6.04 Å². The summed E-state index contributed by atoms with van der Waals surface area (Å²) in [6.07, 6.45) is 8.21. The van der Waals surface area contributed by atoms with E-state index < -0.39 is 0 Å². The van der Waals surface area contributed by atoms with Crippen molar-refractivity contribution in [2.24, 2.45) is 5.92 Å². The molecule has 1 fully saturated rings. The van der Waals surface area contributed by atoms with Crippen molar-refractivity contribution in [2.45, 2.75) is 58.0 Å². The Morgan fingerprint density at radius 1 is 1.26 bits per heavy atom. The van der Waals surface area contributed by atoms with Crippen LogP contribution in [0.25, 0.3) is 0 Å². The molecule has 1 N–H and O–H groups in total. The minimum absolute atomic E-state index is 0.697. The van der Waals surface area contributed by atoms with Crippen molar-refractivity contribution < 1.29 is 0 Å². The van der Waals surface area contributed by atoms with E-state index >= 15 is 0 Å². The average molecular weight is 345 g/mol. The van der Waals surface area contributed by atoms with Crippen molar-refractivity contribution in [3.63, 3.8) is 0 Å². The first-order valence-corrected chi connectivity index (χ1v) is 8.53. The normalized spacial score (nSPS) is 23.5. The summed E-state index contributed by atoms with van der Waals surface area (Å²) in [5.74, 6) is 0.979. The fourth-order valence-electron chi connectivity index (χ4n) is 2.98. The van der Waals surface area contributed by atoms with Gasteiger partial charge in [0.05, 0.1) is 5.02 Å². The van der Waals surface area contributed by atoms with Crippen molar-refractivity contribution in [3.8, 4) is 0 Å². The number of rotatable bonds is 5. The predicted molar refractivity (Wildman–Crippen MR) is 86.6 cm³/mol. The van der Waals surface area contributed by atoms with E-state index in [2.05, 4.69) is 40.3 Å². The van der Waals surface area contributed by atoms with Crippen LogP contribution in [0.2, 0.25) is 5.02 Å². The molecule has 0 aliphatic heterocycles. The van der Waals surface area contributed by atoms with Gasteiger partial charge in [0, 0.05) is 17.1 Å². The zero-order valence-corrected chi connectivity index (χ0v) is 13.9. The van der Waals surface area contributed by atoms with Gasteiger partial charge in [-0.2, -0.15) is 0 Å². The largest absolute Gasteiger partial charge is 0.310 e. The van der Waals surface area contributed by atoms with Gasteiger partial charge in [-0.05, 0) is 65.2 Å². The smallest absolute Gasteiger partial charge is 0.0548 e. The SMILES string of the molecule is CCCC1CCC(NCc2ccc(Cl)c(Br)c2)CC1. The summed E-state index contributed by atoms with van der Waals surface area (Å²) < 4.78 is 0.986. The first kappa shape index (κ1) is 15.3. The van der Waals surface area contributed by atoms with Crippen molar-refractivity contribution in [1.82, 2.24) is 5.32 Å². The summed E-state index contributed by atoms with van der Waals surface area (Å²) >= 11 is 9.49. The van der Waals surface area contributed by atoms with Gasteiger partial charge in [-0.25, -0.2) is 0 Å². The number of halogens is 2. The molecule has 3 heteroatoms. The maximum Gasteiger partial charge on any atom is 0.0548 e. The van der Waals surface area contributed by atoms with E-state index in [-0.39, 0.29) is 0 Å². The highest BCUT2D eigenvalue weighted by atomic mass is 79.9. The molecular weight excluding hydrogens is 322 g/mol. The fraction of sp³-hybridized carbons (Fsp3) is 0.625. The first-order chi connectivity index (χ1) is 9.19. The van der Waals surface area contributed by atoms with Crippen LogP contribution in [-0.4, -0.2) is 6.04 Å². The second-order valence-electron chi connectivity index (χ2n) is 5.64. The monoisotopic (exact) mass is 343 g/mol. The molecule has 0 heterocycles. The Balaban J connectivity index is 1.75. The minimum atomic E-state index is 0.697. The number of benzene rings is 1. The standard InChI is InChI=1S/C16H23BrClN/c1-2-3-12-4-7-14(8-5-12)19-11-13-6-9-16(18)15(17)10-13/h6,9-10,12,14,19H,2-5,7-8,11H2,1H3. The molecule has 0 atom stereocenters. The fourth-order valence-corrected chi connectivity index (χ4v) is 3.52. The van der Waals surface area contributed by atoms with E-state index in [4.69, 9.17) is 11.6 Å². The van der Waals surface area contributed by atoms with Crippen LogP contribution in [0.15, 0.2) is 22.7 Å². The zero-order chi connectivity index (χ0) is 13.7. The van der Waals surface area contributed by atoms with E-state index in [1.807, 2.05) is 6.07 Å². The van der Waals surface area contributed by atoms with E-state index in [1.165, 1.54) is 44.1 Å². The van der Waals surface area contributed by atoms with Crippen LogP contribution >= 0.6 is 27.5 Å². The highest BCUT2D eigenvalue weighted by Gasteiger charge is 2.19. The first-order valence-electron chi connectivity index (χ1n) is 7.36. The third-order valence-electron chi connectivity index (χ3n) is 4.12. The van der Waals surface area contributed by atoms with Crippen molar-refractivity contribution in [1.29, 1.82) is 0 Å². The molecule has 0 bridgehead atoms. The molecule has 1 aliphatic carbocycles. The minimum Gasteiger partial charge on any atom is -0.310 e. The van der Waals surface area contributed by atoms with Crippen LogP contribution in [0.5, 0.6) is 0 Å². The van der Waals surface area contributed by atoms with Crippen LogP contribution in [-0.2, 0) is 6.54 Å².